The highest BCUT2D eigenvalue weighted by atomic mass is 16.2. The van der Waals surface area contributed by atoms with Gasteiger partial charge in [-0.15, -0.1) is 0 Å². The number of hydrogen-bond acceptors (Lipinski definition) is 3. The third-order valence-electron chi connectivity index (χ3n) is 5.10. The van der Waals surface area contributed by atoms with Crippen LogP contribution >= 0.6 is 0 Å². The second-order valence-electron chi connectivity index (χ2n) is 7.08. The van der Waals surface area contributed by atoms with E-state index in [0.717, 1.165) is 19.6 Å². The zero-order valence-electron chi connectivity index (χ0n) is 16.2. The summed E-state index contributed by atoms with van der Waals surface area (Å²) in [6.45, 7) is 3.79. The fraction of sp³-hybridized carbons (Fsp3) is 0.217. The largest absolute Gasteiger partial charge is 0.335 e. The highest BCUT2D eigenvalue weighted by molar-refractivity contribution is 5.92. The highest BCUT2D eigenvalue weighted by Gasteiger charge is 2.23. The molecule has 1 aliphatic rings. The van der Waals surface area contributed by atoms with Gasteiger partial charge in [-0.25, -0.2) is 4.68 Å². The van der Waals surface area contributed by atoms with Crippen molar-refractivity contribution in [2.24, 2.45) is 0 Å². The fourth-order valence-electron chi connectivity index (χ4n) is 3.48. The van der Waals surface area contributed by atoms with Crippen molar-refractivity contribution >= 4 is 12.0 Å². The van der Waals surface area contributed by atoms with E-state index >= 15 is 0 Å². The molecule has 29 heavy (non-hydrogen) atoms. The van der Waals surface area contributed by atoms with Gasteiger partial charge in [0.1, 0.15) is 5.69 Å². The van der Waals surface area contributed by atoms with Gasteiger partial charge in [-0.2, -0.15) is 0 Å². The first-order valence-corrected chi connectivity index (χ1v) is 9.81. The summed E-state index contributed by atoms with van der Waals surface area (Å²) >= 11 is 0. The van der Waals surface area contributed by atoms with Gasteiger partial charge in [0.15, 0.2) is 0 Å². The summed E-state index contributed by atoms with van der Waals surface area (Å²) in [7, 11) is 0. The van der Waals surface area contributed by atoms with Crippen molar-refractivity contribution in [2.75, 3.05) is 32.7 Å². The first-order valence-electron chi connectivity index (χ1n) is 9.81. The van der Waals surface area contributed by atoms with Crippen molar-refractivity contribution in [2.45, 2.75) is 0 Å². The number of rotatable bonds is 5. The molecule has 2 heterocycles. The standard InChI is InChI=1S/C23H24N4O2/c28-22-18-21(24-27(22)20-11-5-2-6-12-20)23(29)26-16-14-25(15-17-26)13-7-10-19-8-3-1-4-9-19/h1-12,18,24H,13-17H2/b10-7+. The lowest BCUT2D eigenvalue weighted by atomic mass is 10.2. The van der Waals surface area contributed by atoms with E-state index in [0.29, 0.717) is 24.5 Å². The Morgan fingerprint density at radius 1 is 0.931 bits per heavy atom. The van der Waals surface area contributed by atoms with Gasteiger partial charge in [0.25, 0.3) is 11.5 Å². The summed E-state index contributed by atoms with van der Waals surface area (Å²) in [6, 6.07) is 20.9. The number of nitrogens with zero attached hydrogens (tertiary/aromatic N) is 3. The smallest absolute Gasteiger partial charge is 0.272 e. The van der Waals surface area contributed by atoms with Gasteiger partial charge in [0.2, 0.25) is 0 Å². The Balaban J connectivity index is 1.34. The maximum Gasteiger partial charge on any atom is 0.272 e. The number of aromatic amines is 1. The molecular weight excluding hydrogens is 364 g/mol. The van der Waals surface area contributed by atoms with Crippen molar-refractivity contribution in [3.8, 4) is 5.69 Å². The summed E-state index contributed by atoms with van der Waals surface area (Å²) < 4.78 is 1.40. The monoisotopic (exact) mass is 388 g/mol. The van der Waals surface area contributed by atoms with Crippen LogP contribution in [0.2, 0.25) is 0 Å². The Kier molecular flexibility index (Phi) is 5.72. The van der Waals surface area contributed by atoms with Crippen LogP contribution in [-0.4, -0.2) is 58.2 Å². The van der Waals surface area contributed by atoms with Crippen LogP contribution in [0, 0.1) is 0 Å². The van der Waals surface area contributed by atoms with Crippen LogP contribution < -0.4 is 5.56 Å². The number of piperazine rings is 1. The van der Waals surface area contributed by atoms with Gasteiger partial charge < -0.3 is 4.90 Å². The van der Waals surface area contributed by atoms with Crippen molar-refractivity contribution in [3.63, 3.8) is 0 Å². The molecule has 0 spiro atoms. The van der Waals surface area contributed by atoms with E-state index in [4.69, 9.17) is 0 Å². The second kappa shape index (κ2) is 8.75. The molecule has 4 rings (SSSR count). The molecule has 1 aromatic heterocycles. The maximum absolute atomic E-state index is 12.8. The van der Waals surface area contributed by atoms with Gasteiger partial charge in [-0.3, -0.25) is 19.6 Å². The van der Waals surface area contributed by atoms with Crippen LogP contribution in [0.3, 0.4) is 0 Å². The lowest BCUT2D eigenvalue weighted by molar-refractivity contribution is 0.0644. The Morgan fingerprint density at radius 2 is 1.59 bits per heavy atom. The lowest BCUT2D eigenvalue weighted by Gasteiger charge is -2.33. The van der Waals surface area contributed by atoms with E-state index in [2.05, 4.69) is 34.3 Å². The van der Waals surface area contributed by atoms with Crippen LogP contribution in [-0.2, 0) is 0 Å². The summed E-state index contributed by atoms with van der Waals surface area (Å²) in [5, 5.41) is 2.95. The van der Waals surface area contributed by atoms with E-state index in [1.54, 1.807) is 4.90 Å². The molecule has 3 aromatic rings. The lowest BCUT2D eigenvalue weighted by Crippen LogP contribution is -2.48. The number of carbonyl (C=O) groups is 1. The van der Waals surface area contributed by atoms with Crippen molar-refractivity contribution < 1.29 is 4.79 Å². The molecule has 6 nitrogen and oxygen atoms in total. The third-order valence-corrected chi connectivity index (χ3v) is 5.10. The van der Waals surface area contributed by atoms with Gasteiger partial charge in [0.05, 0.1) is 5.69 Å². The third kappa shape index (κ3) is 4.55. The second-order valence-corrected chi connectivity index (χ2v) is 7.08. The average Bonchev–Trinajstić information content (AvgIpc) is 3.17. The van der Waals surface area contributed by atoms with E-state index in [1.165, 1.54) is 16.3 Å². The number of H-pyrrole nitrogens is 1. The number of nitrogens with one attached hydrogen (secondary N) is 1. The molecule has 1 saturated heterocycles. The Hall–Kier alpha value is -3.38. The molecule has 0 aliphatic carbocycles. The number of hydrogen-bond donors (Lipinski definition) is 1. The van der Waals surface area contributed by atoms with Crippen molar-refractivity contribution in [3.05, 3.63) is 94.4 Å². The number of carbonyl (C=O) groups excluding carboxylic acids is 1. The summed E-state index contributed by atoms with van der Waals surface area (Å²) in [6.07, 6.45) is 4.28. The van der Waals surface area contributed by atoms with Crippen LogP contribution in [0.4, 0.5) is 0 Å². The molecule has 1 aliphatic heterocycles. The van der Waals surface area contributed by atoms with Crippen molar-refractivity contribution in [1.29, 1.82) is 0 Å². The molecule has 0 bridgehead atoms. The van der Waals surface area contributed by atoms with E-state index in [1.807, 2.05) is 48.5 Å². The number of amides is 1. The van der Waals surface area contributed by atoms with E-state index < -0.39 is 0 Å². The molecule has 0 radical (unpaired) electrons. The average molecular weight is 388 g/mol. The predicted octanol–water partition coefficient (Wildman–Crippen LogP) is 2.64. The zero-order chi connectivity index (χ0) is 20.1. The van der Waals surface area contributed by atoms with Crippen LogP contribution in [0.25, 0.3) is 11.8 Å². The van der Waals surface area contributed by atoms with E-state index in [-0.39, 0.29) is 11.5 Å². The summed E-state index contributed by atoms with van der Waals surface area (Å²) in [5.41, 5.74) is 2.00. The summed E-state index contributed by atoms with van der Waals surface area (Å²) in [5.74, 6) is -0.128. The highest BCUT2D eigenvalue weighted by Crippen LogP contribution is 2.09. The molecule has 1 N–H and O–H groups in total. The minimum absolute atomic E-state index is 0.128. The van der Waals surface area contributed by atoms with Gasteiger partial charge in [-0.1, -0.05) is 60.7 Å². The molecule has 6 heteroatoms. The number of para-hydroxylation sites is 1. The number of benzene rings is 2. The molecule has 0 unspecified atom stereocenters. The SMILES string of the molecule is O=C(c1cc(=O)n(-c2ccccc2)[nH]1)N1CCN(C/C=C/c2ccccc2)CC1. The van der Waals surface area contributed by atoms with Crippen LogP contribution in [0.5, 0.6) is 0 Å². The molecule has 1 amide bonds. The van der Waals surface area contributed by atoms with Crippen LogP contribution in [0.15, 0.2) is 77.6 Å². The Bertz CT molecular complexity index is 1030. The quantitative estimate of drug-likeness (QED) is 0.731. The first kappa shape index (κ1) is 19.0. The van der Waals surface area contributed by atoms with Gasteiger partial charge >= 0.3 is 0 Å². The summed E-state index contributed by atoms with van der Waals surface area (Å²) in [4.78, 5) is 29.2. The minimum atomic E-state index is -0.232. The molecule has 148 valence electrons. The molecule has 0 saturated carbocycles. The maximum atomic E-state index is 12.8. The molecular formula is C23H24N4O2. The zero-order valence-corrected chi connectivity index (χ0v) is 16.2. The van der Waals surface area contributed by atoms with Crippen LogP contribution in [0.1, 0.15) is 16.1 Å². The predicted molar refractivity (Wildman–Crippen MR) is 114 cm³/mol. The van der Waals surface area contributed by atoms with Gasteiger partial charge in [-0.05, 0) is 17.7 Å². The Labute approximate surface area is 169 Å². The van der Waals surface area contributed by atoms with Crippen molar-refractivity contribution in [1.82, 2.24) is 19.6 Å². The number of aromatic nitrogens is 2. The normalized spacial score (nSPS) is 15.1. The topological polar surface area (TPSA) is 61.3 Å². The molecule has 2 aromatic carbocycles. The first-order chi connectivity index (χ1) is 14.2. The Morgan fingerprint density at radius 3 is 2.28 bits per heavy atom. The molecule has 0 atom stereocenters. The van der Waals surface area contributed by atoms with Gasteiger partial charge in [0, 0.05) is 38.8 Å². The fourth-order valence-corrected chi connectivity index (χ4v) is 3.48. The minimum Gasteiger partial charge on any atom is -0.335 e. The molecule has 1 fully saturated rings. The van der Waals surface area contributed by atoms with E-state index in [9.17, 15) is 9.59 Å².